The van der Waals surface area contributed by atoms with Gasteiger partial charge >= 0.3 is 0 Å². The summed E-state index contributed by atoms with van der Waals surface area (Å²) in [5.41, 5.74) is 0.994. The van der Waals surface area contributed by atoms with Crippen molar-refractivity contribution in [1.29, 1.82) is 0 Å². The molecule has 1 saturated heterocycles. The van der Waals surface area contributed by atoms with Crippen molar-refractivity contribution < 1.29 is 8.42 Å². The minimum atomic E-state index is -3.09. The number of thiophene rings is 1. The molecule has 0 unspecified atom stereocenters. The van der Waals surface area contributed by atoms with E-state index in [1.807, 2.05) is 11.4 Å². The van der Waals surface area contributed by atoms with Gasteiger partial charge < -0.3 is 4.90 Å². The molecule has 0 radical (unpaired) electrons. The molecule has 1 aliphatic rings. The van der Waals surface area contributed by atoms with Crippen LogP contribution in [0.3, 0.4) is 0 Å². The van der Waals surface area contributed by atoms with E-state index in [0.29, 0.717) is 12.5 Å². The number of piperidine rings is 1. The fourth-order valence-corrected chi connectivity index (χ4v) is 4.17. The van der Waals surface area contributed by atoms with E-state index in [1.165, 1.54) is 10.6 Å². The molecule has 0 bridgehead atoms. The number of rotatable bonds is 4. The molecular weight excluding hydrogens is 320 g/mol. The van der Waals surface area contributed by atoms with Crippen molar-refractivity contribution >= 4 is 37.4 Å². The molecule has 0 N–H and O–H groups in total. The summed E-state index contributed by atoms with van der Waals surface area (Å²) < 4.78 is 25.6. The fourth-order valence-electron chi connectivity index (χ4n) is 2.83. The number of aromatic nitrogens is 2. The van der Waals surface area contributed by atoms with Crippen LogP contribution in [0.25, 0.3) is 10.2 Å². The Balaban J connectivity index is 1.66. The molecule has 120 valence electrons. The third-order valence-electron chi connectivity index (χ3n) is 4.22. The van der Waals surface area contributed by atoms with Crippen LogP contribution < -0.4 is 4.90 Å². The first-order chi connectivity index (χ1) is 10.4. The first-order valence-corrected chi connectivity index (χ1v) is 10.0. The van der Waals surface area contributed by atoms with Crippen molar-refractivity contribution in [2.75, 3.05) is 37.8 Å². The maximum Gasteiger partial charge on any atom is 0.210 e. The van der Waals surface area contributed by atoms with E-state index in [0.717, 1.165) is 42.0 Å². The zero-order chi connectivity index (χ0) is 15.7. The molecule has 22 heavy (non-hydrogen) atoms. The minimum absolute atomic E-state index is 0.414. The van der Waals surface area contributed by atoms with E-state index < -0.39 is 10.0 Å². The van der Waals surface area contributed by atoms with Gasteiger partial charge in [0.25, 0.3) is 0 Å². The second kappa shape index (κ2) is 6.10. The topological polar surface area (TPSA) is 66.4 Å². The van der Waals surface area contributed by atoms with Gasteiger partial charge in [0.05, 0.1) is 16.5 Å². The Morgan fingerprint density at radius 3 is 2.77 bits per heavy atom. The number of hydrogen-bond donors (Lipinski definition) is 0. The Morgan fingerprint density at radius 1 is 1.36 bits per heavy atom. The number of anilines is 1. The third kappa shape index (κ3) is 3.23. The Bertz CT molecular complexity index is 751. The van der Waals surface area contributed by atoms with Gasteiger partial charge in [-0.15, -0.1) is 11.3 Å². The van der Waals surface area contributed by atoms with E-state index >= 15 is 0 Å². The normalized spacial score (nSPS) is 17.5. The molecule has 0 aromatic carbocycles. The Morgan fingerprint density at radius 2 is 2.09 bits per heavy atom. The smallest absolute Gasteiger partial charge is 0.210 e. The Hall–Kier alpha value is -1.25. The summed E-state index contributed by atoms with van der Waals surface area (Å²) in [6.45, 7) is 2.42. The van der Waals surface area contributed by atoms with Crippen LogP contribution in [0.1, 0.15) is 12.8 Å². The lowest BCUT2D eigenvalue weighted by atomic mass is 9.97. The average molecular weight is 340 g/mol. The van der Waals surface area contributed by atoms with E-state index in [2.05, 4.69) is 14.9 Å². The van der Waals surface area contributed by atoms with Gasteiger partial charge in [-0.05, 0) is 30.2 Å². The van der Waals surface area contributed by atoms with Gasteiger partial charge in [0.15, 0.2) is 0 Å². The Kier molecular flexibility index (Phi) is 4.33. The molecule has 6 nitrogen and oxygen atoms in total. The van der Waals surface area contributed by atoms with Gasteiger partial charge in [-0.2, -0.15) is 0 Å². The standard InChI is InChI=1S/C14H20N4O2S2/c1-17(22(2,19)20)9-11-3-6-18(7-4-11)14-13-12(5-8-21-13)15-10-16-14/h5,8,10-11H,3-4,6-7,9H2,1-2H3. The third-order valence-corrected chi connectivity index (χ3v) is 6.40. The first-order valence-electron chi connectivity index (χ1n) is 7.29. The number of sulfonamides is 1. The first kappa shape index (κ1) is 15.6. The highest BCUT2D eigenvalue weighted by atomic mass is 32.2. The summed E-state index contributed by atoms with van der Waals surface area (Å²) in [5.74, 6) is 1.42. The van der Waals surface area contributed by atoms with Gasteiger partial charge in [-0.25, -0.2) is 22.7 Å². The van der Waals surface area contributed by atoms with Crippen LogP contribution in [0, 0.1) is 5.92 Å². The highest BCUT2D eigenvalue weighted by molar-refractivity contribution is 7.88. The zero-order valence-electron chi connectivity index (χ0n) is 12.8. The minimum Gasteiger partial charge on any atom is -0.355 e. The van der Waals surface area contributed by atoms with Crippen LogP contribution in [0.4, 0.5) is 5.82 Å². The summed E-state index contributed by atoms with van der Waals surface area (Å²) in [4.78, 5) is 11.0. The van der Waals surface area contributed by atoms with Crippen molar-refractivity contribution in [2.24, 2.45) is 5.92 Å². The molecule has 3 heterocycles. The molecule has 0 spiro atoms. The van der Waals surface area contributed by atoms with Gasteiger partial charge in [-0.3, -0.25) is 0 Å². The number of nitrogens with zero attached hydrogens (tertiary/aromatic N) is 4. The molecule has 1 fully saturated rings. The predicted octanol–water partition coefficient (Wildman–Crippen LogP) is 1.80. The highest BCUT2D eigenvalue weighted by Crippen LogP contribution is 2.30. The second-order valence-electron chi connectivity index (χ2n) is 5.81. The summed E-state index contributed by atoms with van der Waals surface area (Å²) >= 11 is 1.67. The largest absolute Gasteiger partial charge is 0.355 e. The number of hydrogen-bond acceptors (Lipinski definition) is 6. The molecule has 2 aromatic rings. The van der Waals surface area contributed by atoms with Crippen molar-refractivity contribution in [3.63, 3.8) is 0 Å². The second-order valence-corrected chi connectivity index (χ2v) is 8.81. The van der Waals surface area contributed by atoms with E-state index in [-0.39, 0.29) is 0 Å². The number of fused-ring (bicyclic) bond motifs is 1. The van der Waals surface area contributed by atoms with Crippen LogP contribution in [-0.4, -0.2) is 55.6 Å². The fraction of sp³-hybridized carbons (Fsp3) is 0.571. The SMILES string of the molecule is CN(CC1CCN(c2ncnc3ccsc23)CC1)S(C)(=O)=O. The quantitative estimate of drug-likeness (QED) is 0.849. The highest BCUT2D eigenvalue weighted by Gasteiger charge is 2.24. The maximum absolute atomic E-state index is 11.5. The van der Waals surface area contributed by atoms with Crippen LogP contribution in [0.15, 0.2) is 17.8 Å². The van der Waals surface area contributed by atoms with Crippen molar-refractivity contribution in [1.82, 2.24) is 14.3 Å². The lowest BCUT2D eigenvalue weighted by Gasteiger charge is -2.34. The van der Waals surface area contributed by atoms with Crippen molar-refractivity contribution in [3.05, 3.63) is 17.8 Å². The van der Waals surface area contributed by atoms with Gasteiger partial charge in [0.1, 0.15) is 12.1 Å². The molecule has 3 rings (SSSR count). The predicted molar refractivity (Wildman–Crippen MR) is 89.8 cm³/mol. The Labute approximate surface area is 134 Å². The molecule has 0 amide bonds. The zero-order valence-corrected chi connectivity index (χ0v) is 14.4. The van der Waals surface area contributed by atoms with Crippen LogP contribution in [0.2, 0.25) is 0 Å². The molecule has 1 aliphatic heterocycles. The van der Waals surface area contributed by atoms with Gasteiger partial charge in [-0.1, -0.05) is 0 Å². The van der Waals surface area contributed by atoms with Crippen LogP contribution in [0.5, 0.6) is 0 Å². The monoisotopic (exact) mass is 340 g/mol. The molecule has 0 saturated carbocycles. The molecular formula is C14H20N4O2S2. The van der Waals surface area contributed by atoms with E-state index in [1.54, 1.807) is 24.7 Å². The van der Waals surface area contributed by atoms with E-state index in [9.17, 15) is 8.42 Å². The van der Waals surface area contributed by atoms with Crippen LogP contribution in [-0.2, 0) is 10.0 Å². The molecule has 0 atom stereocenters. The lowest BCUT2D eigenvalue weighted by molar-refractivity contribution is 0.329. The van der Waals surface area contributed by atoms with Gasteiger partial charge in [0, 0.05) is 26.7 Å². The molecule has 0 aliphatic carbocycles. The van der Waals surface area contributed by atoms with E-state index in [4.69, 9.17) is 0 Å². The summed E-state index contributed by atoms with van der Waals surface area (Å²) in [6.07, 6.45) is 4.85. The van der Waals surface area contributed by atoms with Crippen LogP contribution >= 0.6 is 11.3 Å². The summed E-state index contributed by atoms with van der Waals surface area (Å²) in [7, 11) is -1.43. The average Bonchev–Trinajstić information content (AvgIpc) is 2.95. The maximum atomic E-state index is 11.5. The lowest BCUT2D eigenvalue weighted by Crippen LogP contribution is -2.39. The molecule has 8 heteroatoms. The summed E-state index contributed by atoms with van der Waals surface area (Å²) in [6, 6.07) is 2.01. The van der Waals surface area contributed by atoms with Crippen molar-refractivity contribution in [2.45, 2.75) is 12.8 Å². The van der Waals surface area contributed by atoms with Gasteiger partial charge in [0.2, 0.25) is 10.0 Å². The van der Waals surface area contributed by atoms with Crippen molar-refractivity contribution in [3.8, 4) is 0 Å². The molecule has 2 aromatic heterocycles. The summed E-state index contributed by atoms with van der Waals surface area (Å²) in [5, 5.41) is 2.04.